The summed E-state index contributed by atoms with van der Waals surface area (Å²) < 4.78 is 13.5. The van der Waals surface area contributed by atoms with Crippen LogP contribution in [0.15, 0.2) is 72.8 Å². The number of hydrogen-bond donors (Lipinski definition) is 1. The van der Waals surface area contributed by atoms with Gasteiger partial charge in [-0.05, 0) is 77.6 Å². The molecule has 5 heteroatoms. The molecule has 0 aliphatic carbocycles. The third-order valence-electron chi connectivity index (χ3n) is 5.91. The Morgan fingerprint density at radius 2 is 1.81 bits per heavy atom. The van der Waals surface area contributed by atoms with E-state index >= 15 is 0 Å². The molecule has 1 unspecified atom stereocenters. The molecule has 1 aliphatic rings. The minimum absolute atomic E-state index is 0.0499. The maximum absolute atomic E-state index is 13.5. The van der Waals surface area contributed by atoms with Gasteiger partial charge < -0.3 is 14.9 Å². The van der Waals surface area contributed by atoms with E-state index in [0.717, 1.165) is 36.2 Å². The van der Waals surface area contributed by atoms with Crippen LogP contribution in [0, 0.1) is 5.82 Å². The van der Waals surface area contributed by atoms with E-state index in [0.29, 0.717) is 0 Å². The Morgan fingerprint density at radius 1 is 1.09 bits per heavy atom. The molecular formula is C27H27FN2O2. The molecule has 3 aromatic rings. The van der Waals surface area contributed by atoms with Crippen molar-refractivity contribution in [2.45, 2.75) is 18.9 Å². The van der Waals surface area contributed by atoms with Crippen LogP contribution in [-0.2, 0) is 17.6 Å². The quantitative estimate of drug-likeness (QED) is 0.581. The van der Waals surface area contributed by atoms with E-state index in [2.05, 4.69) is 17.0 Å². The van der Waals surface area contributed by atoms with Gasteiger partial charge in [-0.1, -0.05) is 30.3 Å². The molecule has 0 saturated carbocycles. The number of phenolic OH excluding ortho intramolecular Hbond substituents is 1. The van der Waals surface area contributed by atoms with Gasteiger partial charge >= 0.3 is 0 Å². The summed E-state index contributed by atoms with van der Waals surface area (Å²) in [5, 5.41) is 9.94. The highest BCUT2D eigenvalue weighted by molar-refractivity contribution is 5.91. The predicted octanol–water partition coefficient (Wildman–Crippen LogP) is 4.98. The zero-order valence-corrected chi connectivity index (χ0v) is 18.3. The zero-order valence-electron chi connectivity index (χ0n) is 18.3. The zero-order chi connectivity index (χ0) is 22.7. The molecule has 1 atom stereocenters. The minimum atomic E-state index is -0.246. The second-order valence-corrected chi connectivity index (χ2v) is 8.33. The second-order valence-electron chi connectivity index (χ2n) is 8.33. The lowest BCUT2D eigenvalue weighted by Crippen LogP contribution is -2.36. The molecule has 0 spiro atoms. The number of fused-ring (bicyclic) bond motifs is 1. The standard InChI is InChI=1S/C27H27FN2O2/c1-29(2)27(32)14-7-19-3-5-20(6-4-19)17-26-25-13-12-24(31)18-21(25)15-16-30(26)23-10-8-22(28)9-11-23/h3-14,18,26,31H,15-17H2,1-2H3/b14-7+. The van der Waals surface area contributed by atoms with Gasteiger partial charge in [0.05, 0.1) is 6.04 Å². The van der Waals surface area contributed by atoms with Gasteiger partial charge in [0.1, 0.15) is 11.6 Å². The molecule has 0 fully saturated rings. The first-order chi connectivity index (χ1) is 15.4. The largest absolute Gasteiger partial charge is 0.508 e. The number of nitrogens with zero attached hydrogens (tertiary/aromatic N) is 2. The van der Waals surface area contributed by atoms with E-state index in [9.17, 15) is 14.3 Å². The number of carbonyl (C=O) groups excluding carboxylic acids is 1. The molecular weight excluding hydrogens is 403 g/mol. The molecule has 1 amide bonds. The summed E-state index contributed by atoms with van der Waals surface area (Å²) in [6.07, 6.45) is 4.97. The molecule has 0 aromatic heterocycles. The Labute approximate surface area is 188 Å². The van der Waals surface area contributed by atoms with E-state index in [1.807, 2.05) is 42.5 Å². The summed E-state index contributed by atoms with van der Waals surface area (Å²) >= 11 is 0. The van der Waals surface area contributed by atoms with Crippen LogP contribution in [0.1, 0.15) is 28.3 Å². The fourth-order valence-electron chi connectivity index (χ4n) is 4.16. The SMILES string of the molecule is CN(C)C(=O)/C=C/c1ccc(CC2c3ccc(O)cc3CCN2c2ccc(F)cc2)cc1. The average molecular weight is 431 g/mol. The first-order valence-electron chi connectivity index (χ1n) is 10.7. The van der Waals surface area contributed by atoms with E-state index in [1.165, 1.54) is 28.2 Å². The van der Waals surface area contributed by atoms with Gasteiger partial charge in [0.15, 0.2) is 0 Å². The maximum Gasteiger partial charge on any atom is 0.246 e. The molecule has 3 aromatic carbocycles. The predicted molar refractivity (Wildman–Crippen MR) is 126 cm³/mol. The number of rotatable bonds is 5. The molecule has 32 heavy (non-hydrogen) atoms. The van der Waals surface area contributed by atoms with Crippen molar-refractivity contribution in [2.24, 2.45) is 0 Å². The molecule has 164 valence electrons. The van der Waals surface area contributed by atoms with Crippen LogP contribution in [0.4, 0.5) is 10.1 Å². The third-order valence-corrected chi connectivity index (χ3v) is 5.91. The highest BCUT2D eigenvalue weighted by Gasteiger charge is 2.28. The van der Waals surface area contributed by atoms with Gasteiger partial charge in [0, 0.05) is 32.4 Å². The van der Waals surface area contributed by atoms with Crippen molar-refractivity contribution >= 4 is 17.7 Å². The number of carbonyl (C=O) groups is 1. The number of aromatic hydroxyl groups is 1. The Balaban J connectivity index is 1.61. The van der Waals surface area contributed by atoms with Crippen molar-refractivity contribution in [3.63, 3.8) is 0 Å². The number of benzene rings is 3. The van der Waals surface area contributed by atoms with Gasteiger partial charge in [0.25, 0.3) is 0 Å². The highest BCUT2D eigenvalue weighted by Crippen LogP contribution is 2.37. The first-order valence-corrected chi connectivity index (χ1v) is 10.7. The number of anilines is 1. The molecule has 0 radical (unpaired) electrons. The first kappa shape index (κ1) is 21.6. The van der Waals surface area contributed by atoms with Crippen molar-refractivity contribution in [1.82, 2.24) is 4.90 Å². The number of halogens is 1. The molecule has 0 bridgehead atoms. The fourth-order valence-corrected chi connectivity index (χ4v) is 4.16. The van der Waals surface area contributed by atoms with Gasteiger partial charge in [-0.25, -0.2) is 4.39 Å². The molecule has 4 nitrogen and oxygen atoms in total. The lowest BCUT2D eigenvalue weighted by atomic mass is 9.88. The van der Waals surface area contributed by atoms with Gasteiger partial charge in [-0.2, -0.15) is 0 Å². The van der Waals surface area contributed by atoms with Crippen molar-refractivity contribution < 1.29 is 14.3 Å². The Kier molecular flexibility index (Phi) is 6.26. The van der Waals surface area contributed by atoms with Crippen molar-refractivity contribution in [3.05, 3.63) is 101 Å². The number of hydrogen-bond acceptors (Lipinski definition) is 3. The van der Waals surface area contributed by atoms with Crippen LogP contribution >= 0.6 is 0 Å². The van der Waals surface area contributed by atoms with E-state index in [-0.39, 0.29) is 23.5 Å². The maximum atomic E-state index is 13.5. The number of likely N-dealkylation sites (N-methyl/N-ethyl adjacent to an activating group) is 1. The smallest absolute Gasteiger partial charge is 0.246 e. The van der Waals surface area contributed by atoms with Crippen LogP contribution in [0.25, 0.3) is 6.08 Å². The lowest BCUT2D eigenvalue weighted by Gasteiger charge is -2.39. The molecule has 1 aliphatic heterocycles. The molecule has 0 saturated heterocycles. The summed E-state index contributed by atoms with van der Waals surface area (Å²) in [6, 6.07) is 20.5. The monoisotopic (exact) mass is 430 g/mol. The summed E-state index contributed by atoms with van der Waals surface area (Å²) in [4.78, 5) is 15.6. The molecule has 4 rings (SSSR count). The summed E-state index contributed by atoms with van der Waals surface area (Å²) in [5.41, 5.74) is 5.44. The third kappa shape index (κ3) is 4.83. The normalized spacial score (nSPS) is 15.6. The van der Waals surface area contributed by atoms with Gasteiger partial charge in [0.2, 0.25) is 5.91 Å². The summed E-state index contributed by atoms with van der Waals surface area (Å²) in [7, 11) is 3.45. The van der Waals surface area contributed by atoms with Crippen LogP contribution < -0.4 is 4.90 Å². The van der Waals surface area contributed by atoms with Crippen molar-refractivity contribution in [2.75, 3.05) is 25.5 Å². The van der Waals surface area contributed by atoms with Gasteiger partial charge in [-0.3, -0.25) is 4.79 Å². The Morgan fingerprint density at radius 3 is 2.50 bits per heavy atom. The summed E-state index contributed by atoms with van der Waals surface area (Å²) in [6.45, 7) is 0.792. The van der Waals surface area contributed by atoms with E-state index < -0.39 is 0 Å². The Hall–Kier alpha value is -3.60. The van der Waals surface area contributed by atoms with Crippen LogP contribution in [-0.4, -0.2) is 36.6 Å². The van der Waals surface area contributed by atoms with Crippen LogP contribution in [0.2, 0.25) is 0 Å². The van der Waals surface area contributed by atoms with E-state index in [1.54, 1.807) is 26.2 Å². The van der Waals surface area contributed by atoms with Crippen molar-refractivity contribution in [3.8, 4) is 5.75 Å². The Bertz CT molecular complexity index is 1120. The molecule has 1 heterocycles. The highest BCUT2D eigenvalue weighted by atomic mass is 19.1. The van der Waals surface area contributed by atoms with Gasteiger partial charge in [-0.15, -0.1) is 0 Å². The number of amides is 1. The average Bonchev–Trinajstić information content (AvgIpc) is 2.79. The topological polar surface area (TPSA) is 43.8 Å². The van der Waals surface area contributed by atoms with E-state index in [4.69, 9.17) is 0 Å². The second kappa shape index (κ2) is 9.27. The minimum Gasteiger partial charge on any atom is -0.508 e. The van der Waals surface area contributed by atoms with Crippen LogP contribution in [0.5, 0.6) is 5.75 Å². The molecule has 1 N–H and O–H groups in total. The number of phenols is 1. The fraction of sp³-hybridized carbons (Fsp3) is 0.222. The van der Waals surface area contributed by atoms with Crippen LogP contribution in [0.3, 0.4) is 0 Å². The van der Waals surface area contributed by atoms with Crippen molar-refractivity contribution in [1.29, 1.82) is 0 Å². The summed E-state index contributed by atoms with van der Waals surface area (Å²) in [5.74, 6) is -0.0174. The lowest BCUT2D eigenvalue weighted by molar-refractivity contribution is -0.123.